The van der Waals surface area contributed by atoms with Crippen LogP contribution in [0.1, 0.15) is 48.3 Å². The van der Waals surface area contributed by atoms with Crippen LogP contribution in [0.2, 0.25) is 0 Å². The van der Waals surface area contributed by atoms with Gasteiger partial charge in [0.25, 0.3) is 5.91 Å². The van der Waals surface area contributed by atoms with Crippen molar-refractivity contribution < 1.29 is 14.3 Å². The van der Waals surface area contributed by atoms with Crippen LogP contribution in [0, 0.1) is 5.82 Å². The number of aliphatic hydroxyl groups is 1. The maximum atomic E-state index is 15.3. The van der Waals surface area contributed by atoms with Crippen molar-refractivity contribution in [2.75, 3.05) is 5.32 Å². The number of carbonyl (C=O) groups is 1. The molecule has 1 amide bonds. The Labute approximate surface area is 196 Å². The number of benzene rings is 1. The van der Waals surface area contributed by atoms with Crippen LogP contribution in [0.4, 0.5) is 10.2 Å². The lowest BCUT2D eigenvalue weighted by Crippen LogP contribution is -2.21. The maximum Gasteiger partial charge on any atom is 0.275 e. The number of rotatable bonds is 6. The Bertz CT molecular complexity index is 1400. The molecule has 3 heterocycles. The first-order valence-corrected chi connectivity index (χ1v) is 11.4. The van der Waals surface area contributed by atoms with Crippen molar-refractivity contribution in [1.29, 1.82) is 0 Å². The lowest BCUT2D eigenvalue weighted by Gasteiger charge is -2.16. The fourth-order valence-electron chi connectivity index (χ4n) is 4.43. The van der Waals surface area contributed by atoms with E-state index in [1.54, 1.807) is 48.7 Å². The third-order valence-corrected chi connectivity index (χ3v) is 6.33. The van der Waals surface area contributed by atoms with E-state index in [9.17, 15) is 9.90 Å². The van der Waals surface area contributed by atoms with Gasteiger partial charge in [0.1, 0.15) is 11.5 Å². The Balaban J connectivity index is 1.58. The molecule has 0 unspecified atom stereocenters. The van der Waals surface area contributed by atoms with Gasteiger partial charge in [-0.25, -0.2) is 19.0 Å². The largest absolute Gasteiger partial charge is 0.390 e. The number of nitrogens with one attached hydrogen (secondary N) is 1. The molecule has 4 aromatic rings. The smallest absolute Gasteiger partial charge is 0.275 e. The number of imidazole rings is 1. The number of hydrogen-bond donors (Lipinski definition) is 2. The average Bonchev–Trinajstić information content (AvgIpc) is 3.51. The summed E-state index contributed by atoms with van der Waals surface area (Å²) in [6, 6.07) is 5.60. The van der Waals surface area contributed by atoms with Gasteiger partial charge in [-0.15, -0.1) is 0 Å². The Morgan fingerprint density at radius 1 is 1.26 bits per heavy atom. The molecule has 0 bridgehead atoms. The predicted molar refractivity (Wildman–Crippen MR) is 127 cm³/mol. The molecule has 0 saturated carbocycles. The zero-order valence-corrected chi connectivity index (χ0v) is 19.5. The summed E-state index contributed by atoms with van der Waals surface area (Å²) in [6.07, 6.45) is 7.72. The normalized spacial score (nSPS) is 13.4. The molecule has 0 spiro atoms. The van der Waals surface area contributed by atoms with Crippen molar-refractivity contribution in [2.45, 2.75) is 51.7 Å². The molecule has 1 aromatic carbocycles. The summed E-state index contributed by atoms with van der Waals surface area (Å²) < 4.78 is 18.6. The molecule has 5 rings (SSSR count). The summed E-state index contributed by atoms with van der Waals surface area (Å²) in [4.78, 5) is 21.4. The van der Waals surface area contributed by atoms with Gasteiger partial charge in [0.2, 0.25) is 0 Å². The van der Waals surface area contributed by atoms with Gasteiger partial charge in [0.15, 0.2) is 11.5 Å². The first-order chi connectivity index (χ1) is 16.2. The lowest BCUT2D eigenvalue weighted by molar-refractivity contribution is 0.0654. The number of carbonyl (C=O) groups excluding carboxylic acids is 1. The van der Waals surface area contributed by atoms with Crippen LogP contribution in [-0.4, -0.2) is 40.9 Å². The zero-order chi connectivity index (χ0) is 24.0. The van der Waals surface area contributed by atoms with Crippen LogP contribution >= 0.6 is 0 Å². The zero-order valence-electron chi connectivity index (χ0n) is 19.5. The number of pyridine rings is 1. The number of nitrogens with zero attached hydrogens (tertiary/aromatic N) is 5. The van der Waals surface area contributed by atoms with Crippen LogP contribution < -0.4 is 5.32 Å². The third kappa shape index (κ3) is 4.07. The number of amides is 1. The van der Waals surface area contributed by atoms with Crippen LogP contribution in [0.15, 0.2) is 36.9 Å². The molecule has 34 heavy (non-hydrogen) atoms. The highest BCUT2D eigenvalue weighted by molar-refractivity contribution is 6.07. The molecule has 0 fully saturated rings. The van der Waals surface area contributed by atoms with E-state index in [0.29, 0.717) is 46.6 Å². The van der Waals surface area contributed by atoms with Crippen molar-refractivity contribution in [2.24, 2.45) is 7.05 Å². The number of hydrogen-bond acceptors (Lipinski definition) is 5. The molecular formula is C25H27FN6O2. The van der Waals surface area contributed by atoms with E-state index < -0.39 is 5.60 Å². The highest BCUT2D eigenvalue weighted by Crippen LogP contribution is 2.34. The lowest BCUT2D eigenvalue weighted by atomic mass is 10.00. The average molecular weight is 463 g/mol. The van der Waals surface area contributed by atoms with Gasteiger partial charge in [-0.2, -0.15) is 5.10 Å². The van der Waals surface area contributed by atoms with E-state index in [-0.39, 0.29) is 11.7 Å². The van der Waals surface area contributed by atoms with Gasteiger partial charge < -0.3 is 15.0 Å². The van der Waals surface area contributed by atoms with E-state index in [1.807, 2.05) is 12.1 Å². The summed E-state index contributed by atoms with van der Waals surface area (Å²) in [5, 5.41) is 18.2. The SMILES string of the molecule is Cn1cncc1C(=O)Nc1nn(CCC(C)(C)O)c2ncc(-c3ccc4c(c3F)CCC4)cc12. The van der Waals surface area contributed by atoms with E-state index >= 15 is 4.39 Å². The Morgan fingerprint density at radius 2 is 2.09 bits per heavy atom. The standard InChI is InChI=1S/C25H27FN6O2/c1-25(2,34)9-10-32-23-19(22(30-32)29-24(33)20-13-27-14-31(20)3)11-16(12-28-23)18-8-7-15-5-4-6-17(15)21(18)26/h7-8,11-14,34H,4-6,9-10H2,1-3H3,(H,29,30,33). The second-order valence-corrected chi connectivity index (χ2v) is 9.49. The summed E-state index contributed by atoms with van der Waals surface area (Å²) in [5.74, 6) is -0.234. The minimum atomic E-state index is -0.885. The van der Waals surface area contributed by atoms with Crippen molar-refractivity contribution in [1.82, 2.24) is 24.3 Å². The highest BCUT2D eigenvalue weighted by atomic mass is 19.1. The molecule has 8 nitrogen and oxygen atoms in total. The maximum absolute atomic E-state index is 15.3. The van der Waals surface area contributed by atoms with E-state index in [1.165, 1.54) is 6.20 Å². The van der Waals surface area contributed by atoms with Crippen molar-refractivity contribution in [3.63, 3.8) is 0 Å². The predicted octanol–water partition coefficient (Wildman–Crippen LogP) is 3.87. The molecule has 3 aromatic heterocycles. The summed E-state index contributed by atoms with van der Waals surface area (Å²) in [6.45, 7) is 3.86. The second kappa shape index (κ2) is 8.32. The van der Waals surface area contributed by atoms with Crippen LogP contribution in [-0.2, 0) is 26.4 Å². The first-order valence-electron chi connectivity index (χ1n) is 11.4. The van der Waals surface area contributed by atoms with Crippen LogP contribution in [0.25, 0.3) is 22.2 Å². The molecule has 2 N–H and O–H groups in total. The van der Waals surface area contributed by atoms with Gasteiger partial charge in [0.05, 0.1) is 23.5 Å². The fraction of sp³-hybridized carbons (Fsp3) is 0.360. The van der Waals surface area contributed by atoms with E-state index in [2.05, 4.69) is 20.4 Å². The molecule has 1 aliphatic rings. The Kier molecular flexibility index (Phi) is 5.44. The number of anilines is 1. The summed E-state index contributed by atoms with van der Waals surface area (Å²) in [7, 11) is 1.73. The minimum Gasteiger partial charge on any atom is -0.390 e. The Morgan fingerprint density at radius 3 is 2.82 bits per heavy atom. The Hall–Kier alpha value is -3.59. The first kappa shape index (κ1) is 22.2. The molecule has 0 saturated heterocycles. The third-order valence-electron chi connectivity index (χ3n) is 6.33. The van der Waals surface area contributed by atoms with Crippen LogP contribution in [0.3, 0.4) is 0 Å². The number of aryl methyl sites for hydroxylation is 3. The minimum absolute atomic E-state index is 0.203. The van der Waals surface area contributed by atoms with Gasteiger partial charge in [-0.3, -0.25) is 4.79 Å². The van der Waals surface area contributed by atoms with Gasteiger partial charge >= 0.3 is 0 Å². The molecule has 176 valence electrons. The number of halogens is 1. The molecule has 0 atom stereocenters. The monoisotopic (exact) mass is 462 g/mol. The topological polar surface area (TPSA) is 97.9 Å². The van der Waals surface area contributed by atoms with Crippen molar-refractivity contribution in [3.05, 3.63) is 59.6 Å². The summed E-state index contributed by atoms with van der Waals surface area (Å²) >= 11 is 0. The van der Waals surface area contributed by atoms with E-state index in [4.69, 9.17) is 0 Å². The molecule has 9 heteroatoms. The highest BCUT2D eigenvalue weighted by Gasteiger charge is 2.22. The quantitative estimate of drug-likeness (QED) is 0.453. The van der Waals surface area contributed by atoms with Crippen molar-refractivity contribution >= 4 is 22.8 Å². The van der Waals surface area contributed by atoms with Crippen LogP contribution in [0.5, 0.6) is 0 Å². The fourth-order valence-corrected chi connectivity index (χ4v) is 4.43. The molecular weight excluding hydrogens is 435 g/mol. The van der Waals surface area contributed by atoms with Gasteiger partial charge in [0, 0.05) is 30.9 Å². The van der Waals surface area contributed by atoms with E-state index in [0.717, 1.165) is 30.4 Å². The van der Waals surface area contributed by atoms with Crippen molar-refractivity contribution in [3.8, 4) is 11.1 Å². The molecule has 0 radical (unpaired) electrons. The summed E-state index contributed by atoms with van der Waals surface area (Å²) in [5.41, 5.74) is 3.01. The van der Waals surface area contributed by atoms with Gasteiger partial charge in [-0.1, -0.05) is 12.1 Å². The van der Waals surface area contributed by atoms with Gasteiger partial charge in [-0.05, 0) is 56.7 Å². The number of fused-ring (bicyclic) bond motifs is 2. The second-order valence-electron chi connectivity index (χ2n) is 9.49. The molecule has 1 aliphatic carbocycles. The number of aromatic nitrogens is 5. The molecule has 0 aliphatic heterocycles.